The van der Waals surface area contributed by atoms with Crippen molar-refractivity contribution in [3.05, 3.63) is 97.2 Å². The number of esters is 1. The van der Waals surface area contributed by atoms with Gasteiger partial charge in [-0.05, 0) is 64.2 Å². The number of nitrogens with one attached hydrogen (secondary N) is 1. The summed E-state index contributed by atoms with van der Waals surface area (Å²) in [7, 11) is 0. The van der Waals surface area contributed by atoms with E-state index >= 15 is 0 Å². The van der Waals surface area contributed by atoms with E-state index in [1.54, 1.807) is 0 Å². The highest BCUT2D eigenvalue weighted by Crippen LogP contribution is 2.16. The molecule has 0 fully saturated rings. The third-order valence-electron chi connectivity index (χ3n) is 11.2. The molecule has 0 radical (unpaired) electrons. The fraction of sp³-hybridized carbons (Fsp3) is 0.684. The summed E-state index contributed by atoms with van der Waals surface area (Å²) in [5, 5.41) is 23.8. The van der Waals surface area contributed by atoms with Gasteiger partial charge in [0, 0.05) is 12.8 Å². The second kappa shape index (κ2) is 49.8. The summed E-state index contributed by atoms with van der Waals surface area (Å²) < 4.78 is 5.84. The van der Waals surface area contributed by atoms with Gasteiger partial charge in [0.2, 0.25) is 5.91 Å². The summed E-state index contributed by atoms with van der Waals surface area (Å²) >= 11 is 0. The molecule has 360 valence electrons. The van der Waals surface area contributed by atoms with E-state index in [0.717, 1.165) is 77.0 Å². The standard InChI is InChI=1S/C57H97NO5/c1-4-7-10-13-16-19-22-25-27-29-32-34-37-40-43-46-49-55(60)54(52-59)58-56(61)51-53(48-45-42-39-36-33-31-28-26-23-20-17-14-11-8-5-2)63-57(62)50-47-44-41-38-35-30-24-21-18-15-12-9-6-3/h9,12,15,17-18,20-21,24,26,28,30,33,35-36,42,45,53-55,59-60H,4-8,10-11,13-14,16,19,22-23,25,27,29,31-32,34,37-41,43-44,46-52H2,1-3H3,(H,58,61)/b12-9+,18-15+,20-17-,24-21-,28-26-,35-30-,36-33-,45-42-. The van der Waals surface area contributed by atoms with Crippen molar-refractivity contribution < 1.29 is 24.5 Å². The van der Waals surface area contributed by atoms with Crippen LogP contribution in [0.2, 0.25) is 0 Å². The Labute approximate surface area is 388 Å². The van der Waals surface area contributed by atoms with Crippen LogP contribution in [0.4, 0.5) is 0 Å². The van der Waals surface area contributed by atoms with Gasteiger partial charge in [-0.1, -0.05) is 240 Å². The third kappa shape index (κ3) is 45.2. The molecule has 6 heteroatoms. The zero-order valence-corrected chi connectivity index (χ0v) is 40.9. The van der Waals surface area contributed by atoms with Crippen molar-refractivity contribution in [2.45, 2.75) is 244 Å². The van der Waals surface area contributed by atoms with E-state index in [1.165, 1.54) is 103 Å². The van der Waals surface area contributed by atoms with Crippen molar-refractivity contribution >= 4 is 11.9 Å². The first-order valence-corrected chi connectivity index (χ1v) is 26.0. The molecule has 3 unspecified atom stereocenters. The number of ether oxygens (including phenoxy) is 1. The molecule has 0 bridgehead atoms. The van der Waals surface area contributed by atoms with Gasteiger partial charge in [0.15, 0.2) is 0 Å². The van der Waals surface area contributed by atoms with Crippen molar-refractivity contribution in [3.63, 3.8) is 0 Å². The minimum Gasteiger partial charge on any atom is -0.461 e. The molecule has 0 aliphatic heterocycles. The van der Waals surface area contributed by atoms with Crippen LogP contribution in [-0.2, 0) is 14.3 Å². The number of amides is 1. The van der Waals surface area contributed by atoms with Crippen molar-refractivity contribution in [2.75, 3.05) is 6.61 Å². The minimum absolute atomic E-state index is 0.0194. The molecule has 0 heterocycles. The summed E-state index contributed by atoms with van der Waals surface area (Å²) in [4.78, 5) is 26.1. The maximum atomic E-state index is 13.2. The lowest BCUT2D eigenvalue weighted by Gasteiger charge is -2.24. The van der Waals surface area contributed by atoms with Crippen LogP contribution >= 0.6 is 0 Å². The summed E-state index contributed by atoms with van der Waals surface area (Å²) in [6, 6.07) is -0.745. The molecule has 0 spiro atoms. The number of rotatable bonds is 45. The Morgan fingerprint density at radius 3 is 1.51 bits per heavy atom. The van der Waals surface area contributed by atoms with Gasteiger partial charge >= 0.3 is 5.97 Å². The summed E-state index contributed by atoms with van der Waals surface area (Å²) in [5.41, 5.74) is 0. The Hall–Kier alpha value is -3.22. The Morgan fingerprint density at radius 2 is 0.952 bits per heavy atom. The molecule has 0 aliphatic carbocycles. The van der Waals surface area contributed by atoms with Crippen molar-refractivity contribution in [1.82, 2.24) is 5.32 Å². The average molecular weight is 876 g/mol. The number of hydrogen-bond acceptors (Lipinski definition) is 5. The lowest BCUT2D eigenvalue weighted by Crippen LogP contribution is -2.46. The zero-order valence-electron chi connectivity index (χ0n) is 40.9. The highest BCUT2D eigenvalue weighted by atomic mass is 16.5. The third-order valence-corrected chi connectivity index (χ3v) is 11.2. The van der Waals surface area contributed by atoms with Crippen molar-refractivity contribution in [1.29, 1.82) is 0 Å². The molecule has 0 saturated carbocycles. The van der Waals surface area contributed by atoms with Crippen LogP contribution in [0.3, 0.4) is 0 Å². The smallest absolute Gasteiger partial charge is 0.306 e. The largest absolute Gasteiger partial charge is 0.461 e. The molecule has 0 rings (SSSR count). The lowest BCUT2D eigenvalue weighted by atomic mass is 10.0. The molecular weight excluding hydrogens is 779 g/mol. The van der Waals surface area contributed by atoms with Gasteiger partial charge in [-0.3, -0.25) is 9.59 Å². The van der Waals surface area contributed by atoms with Crippen LogP contribution in [0.15, 0.2) is 97.2 Å². The minimum atomic E-state index is -0.823. The number of carbonyl (C=O) groups is 2. The SMILES string of the molecule is CC/C=C/C=C/C=C\C=C/CCCCCC(=O)OC(C/C=C\C/C=C\C/C=C\C/C=C\CCCCC)CC(=O)NC(CO)C(O)CCCCCCCCCCCCCCCCCC. The van der Waals surface area contributed by atoms with Crippen LogP contribution < -0.4 is 5.32 Å². The van der Waals surface area contributed by atoms with E-state index in [4.69, 9.17) is 4.74 Å². The first kappa shape index (κ1) is 59.8. The number of hydrogen-bond donors (Lipinski definition) is 3. The molecule has 6 nitrogen and oxygen atoms in total. The van der Waals surface area contributed by atoms with E-state index in [-0.39, 0.29) is 24.9 Å². The van der Waals surface area contributed by atoms with E-state index in [1.807, 2.05) is 42.5 Å². The van der Waals surface area contributed by atoms with Crippen LogP contribution in [0.1, 0.15) is 226 Å². The van der Waals surface area contributed by atoms with Gasteiger partial charge in [0.25, 0.3) is 0 Å². The Kier molecular flexibility index (Phi) is 47.2. The van der Waals surface area contributed by atoms with Gasteiger partial charge in [0.05, 0.1) is 25.2 Å². The number of allylic oxidation sites excluding steroid dienone is 15. The topological polar surface area (TPSA) is 95.9 Å². The molecule has 0 aliphatic rings. The highest BCUT2D eigenvalue weighted by molar-refractivity contribution is 5.77. The number of carbonyl (C=O) groups excluding carboxylic acids is 2. The normalized spacial score (nSPS) is 14.0. The second-order valence-corrected chi connectivity index (χ2v) is 17.3. The molecular formula is C57H97NO5. The maximum Gasteiger partial charge on any atom is 0.306 e. The molecule has 0 aromatic carbocycles. The Morgan fingerprint density at radius 1 is 0.508 bits per heavy atom. The van der Waals surface area contributed by atoms with Gasteiger partial charge in [-0.15, -0.1) is 0 Å². The van der Waals surface area contributed by atoms with E-state index in [9.17, 15) is 19.8 Å². The number of unbranched alkanes of at least 4 members (excludes halogenated alkanes) is 21. The van der Waals surface area contributed by atoms with Crippen LogP contribution in [0.25, 0.3) is 0 Å². The quantitative estimate of drug-likeness (QED) is 0.0245. The molecule has 1 amide bonds. The van der Waals surface area contributed by atoms with E-state index in [2.05, 4.69) is 80.8 Å². The number of aliphatic hydroxyl groups is 2. The monoisotopic (exact) mass is 876 g/mol. The predicted octanol–water partition coefficient (Wildman–Crippen LogP) is 15.7. The second-order valence-electron chi connectivity index (χ2n) is 17.3. The summed E-state index contributed by atoms with van der Waals surface area (Å²) in [6.45, 7) is 6.28. The van der Waals surface area contributed by atoms with Crippen LogP contribution in [0.5, 0.6) is 0 Å². The summed E-state index contributed by atoms with van der Waals surface area (Å²) in [5.74, 6) is -0.629. The van der Waals surface area contributed by atoms with Crippen LogP contribution in [0, 0.1) is 0 Å². The van der Waals surface area contributed by atoms with Crippen molar-refractivity contribution in [3.8, 4) is 0 Å². The predicted molar refractivity (Wildman–Crippen MR) is 273 cm³/mol. The van der Waals surface area contributed by atoms with Gasteiger partial charge in [-0.2, -0.15) is 0 Å². The maximum absolute atomic E-state index is 13.2. The fourth-order valence-electron chi connectivity index (χ4n) is 7.30. The highest BCUT2D eigenvalue weighted by Gasteiger charge is 2.23. The molecule has 0 aromatic rings. The molecule has 0 saturated heterocycles. The average Bonchev–Trinajstić information content (AvgIpc) is 3.28. The fourth-order valence-corrected chi connectivity index (χ4v) is 7.30. The van der Waals surface area contributed by atoms with Crippen LogP contribution in [-0.4, -0.2) is 46.9 Å². The van der Waals surface area contributed by atoms with Gasteiger partial charge < -0.3 is 20.3 Å². The van der Waals surface area contributed by atoms with Gasteiger partial charge in [0.1, 0.15) is 6.10 Å². The molecule has 3 N–H and O–H groups in total. The molecule has 63 heavy (non-hydrogen) atoms. The zero-order chi connectivity index (χ0) is 45.9. The van der Waals surface area contributed by atoms with Crippen molar-refractivity contribution in [2.24, 2.45) is 0 Å². The first-order valence-electron chi connectivity index (χ1n) is 26.0. The molecule has 0 aromatic heterocycles. The van der Waals surface area contributed by atoms with E-state index < -0.39 is 18.2 Å². The summed E-state index contributed by atoms with van der Waals surface area (Å²) in [6.07, 6.45) is 66.2. The van der Waals surface area contributed by atoms with E-state index in [0.29, 0.717) is 19.3 Å². The lowest BCUT2D eigenvalue weighted by molar-refractivity contribution is -0.150. The Bertz CT molecular complexity index is 1260. The first-order chi connectivity index (χ1) is 31.0. The van der Waals surface area contributed by atoms with Gasteiger partial charge in [-0.25, -0.2) is 0 Å². The Balaban J connectivity index is 4.74. The molecule has 3 atom stereocenters. The number of aliphatic hydroxyl groups excluding tert-OH is 2.